The van der Waals surface area contributed by atoms with Gasteiger partial charge in [-0.05, 0) is 36.4 Å². The first kappa shape index (κ1) is 22.0. The molecule has 1 aromatic heterocycles. The Balaban J connectivity index is 1.73. The summed E-state index contributed by atoms with van der Waals surface area (Å²) < 4.78 is 5.66. The zero-order valence-corrected chi connectivity index (χ0v) is 16.9. The number of carbonyl (C=O) groups excluding carboxylic acids is 2. The van der Waals surface area contributed by atoms with Gasteiger partial charge in [0.2, 0.25) is 5.91 Å². The Morgan fingerprint density at radius 1 is 1.06 bits per heavy atom. The molecule has 0 bridgehead atoms. The second-order valence-electron chi connectivity index (χ2n) is 6.56. The Kier molecular flexibility index (Phi) is 6.78. The van der Waals surface area contributed by atoms with Crippen molar-refractivity contribution in [3.8, 4) is 11.8 Å². The van der Waals surface area contributed by atoms with Gasteiger partial charge in [0.15, 0.2) is 0 Å². The van der Waals surface area contributed by atoms with Gasteiger partial charge in [-0.1, -0.05) is 24.0 Å². The second-order valence-corrected chi connectivity index (χ2v) is 6.56. The number of hydrogen-bond donors (Lipinski definition) is 1. The topological polar surface area (TPSA) is 121 Å². The van der Waals surface area contributed by atoms with Crippen molar-refractivity contribution in [1.29, 1.82) is 0 Å². The molecule has 0 aliphatic heterocycles. The fraction of sp³-hybridized carbons (Fsp3) is 0.0870. The summed E-state index contributed by atoms with van der Waals surface area (Å²) in [4.78, 5) is 46.0. The molecule has 1 N–H and O–H groups in total. The molecule has 1 amide bonds. The Labute approximate surface area is 182 Å². The minimum absolute atomic E-state index is 0.286. The van der Waals surface area contributed by atoms with Gasteiger partial charge in [-0.2, -0.15) is 0 Å². The van der Waals surface area contributed by atoms with E-state index in [1.165, 1.54) is 7.11 Å². The van der Waals surface area contributed by atoms with E-state index in [9.17, 15) is 24.5 Å². The van der Waals surface area contributed by atoms with E-state index in [4.69, 9.17) is 4.74 Å². The van der Waals surface area contributed by atoms with E-state index in [1.54, 1.807) is 48.5 Å². The number of nitro groups is 1. The lowest BCUT2D eigenvalue weighted by atomic mass is 10.1. The normalized spacial score (nSPS) is 9.91. The van der Waals surface area contributed by atoms with E-state index in [2.05, 4.69) is 17.2 Å². The summed E-state index contributed by atoms with van der Waals surface area (Å²) >= 11 is 0. The summed E-state index contributed by atoms with van der Waals surface area (Å²) in [6.45, 7) is -0.378. The number of rotatable bonds is 5. The van der Waals surface area contributed by atoms with E-state index >= 15 is 0 Å². The average Bonchev–Trinajstić information content (AvgIpc) is 2.79. The zero-order chi connectivity index (χ0) is 23.1. The van der Waals surface area contributed by atoms with Crippen LogP contribution in [0, 0.1) is 22.0 Å². The number of pyridine rings is 1. The molecule has 160 valence electrons. The van der Waals surface area contributed by atoms with Gasteiger partial charge < -0.3 is 10.1 Å². The lowest BCUT2D eigenvalue weighted by molar-refractivity contribution is -0.385. The molecule has 0 saturated carbocycles. The van der Waals surface area contributed by atoms with Crippen LogP contribution < -0.4 is 10.9 Å². The van der Waals surface area contributed by atoms with E-state index in [0.29, 0.717) is 22.4 Å². The summed E-state index contributed by atoms with van der Waals surface area (Å²) in [6, 6.07) is 15.5. The van der Waals surface area contributed by atoms with Crippen LogP contribution in [0.1, 0.15) is 21.5 Å². The van der Waals surface area contributed by atoms with Crippen molar-refractivity contribution in [2.75, 3.05) is 12.4 Å². The molecule has 0 fully saturated rings. The van der Waals surface area contributed by atoms with E-state index in [1.807, 2.05) is 0 Å². The minimum Gasteiger partial charge on any atom is -0.465 e. The molecule has 3 aromatic rings. The molecule has 9 nitrogen and oxygen atoms in total. The Morgan fingerprint density at radius 3 is 2.44 bits per heavy atom. The van der Waals surface area contributed by atoms with Gasteiger partial charge in [-0.15, -0.1) is 0 Å². The average molecular weight is 431 g/mol. The summed E-state index contributed by atoms with van der Waals surface area (Å²) in [7, 11) is 1.30. The molecule has 0 atom stereocenters. The second kappa shape index (κ2) is 9.86. The Morgan fingerprint density at radius 2 is 1.75 bits per heavy atom. The first-order valence-corrected chi connectivity index (χ1v) is 9.31. The third kappa shape index (κ3) is 5.67. The molecule has 0 radical (unpaired) electrons. The van der Waals surface area contributed by atoms with Crippen LogP contribution in [0.25, 0.3) is 0 Å². The number of aromatic nitrogens is 1. The molecule has 32 heavy (non-hydrogen) atoms. The molecule has 0 unspecified atom stereocenters. The third-order valence-corrected chi connectivity index (χ3v) is 4.27. The maximum atomic E-state index is 12.3. The number of anilines is 1. The number of carbonyl (C=O) groups is 2. The van der Waals surface area contributed by atoms with Gasteiger partial charge in [-0.3, -0.25) is 24.3 Å². The molecule has 0 aliphatic rings. The molecular formula is C23H17N3O6. The number of methoxy groups -OCH3 is 1. The van der Waals surface area contributed by atoms with Gasteiger partial charge in [0.05, 0.1) is 23.8 Å². The molecule has 3 rings (SSSR count). The smallest absolute Gasteiger partial charge is 0.337 e. The van der Waals surface area contributed by atoms with Crippen LogP contribution in [0.3, 0.4) is 0 Å². The summed E-state index contributed by atoms with van der Waals surface area (Å²) in [5, 5.41) is 13.5. The molecular weight excluding hydrogens is 414 g/mol. The van der Waals surface area contributed by atoms with E-state index in [0.717, 1.165) is 22.9 Å². The molecule has 1 heterocycles. The Bertz CT molecular complexity index is 1320. The number of hydrogen-bond acceptors (Lipinski definition) is 6. The number of ether oxygens (including phenoxy) is 1. The highest BCUT2D eigenvalue weighted by molar-refractivity contribution is 5.91. The molecule has 9 heteroatoms. The lowest BCUT2D eigenvalue weighted by Crippen LogP contribution is -2.26. The first-order chi connectivity index (χ1) is 15.4. The van der Waals surface area contributed by atoms with Crippen molar-refractivity contribution in [1.82, 2.24) is 4.57 Å². The monoisotopic (exact) mass is 431 g/mol. The van der Waals surface area contributed by atoms with Crippen LogP contribution in [0.15, 0.2) is 71.7 Å². The van der Waals surface area contributed by atoms with Crippen LogP contribution in [0.5, 0.6) is 0 Å². The fourth-order valence-corrected chi connectivity index (χ4v) is 2.77. The number of nitrogens with one attached hydrogen (secondary N) is 1. The lowest BCUT2D eigenvalue weighted by Gasteiger charge is -2.07. The number of amides is 1. The third-order valence-electron chi connectivity index (χ3n) is 4.27. The van der Waals surface area contributed by atoms with Crippen molar-refractivity contribution in [3.05, 3.63) is 104 Å². The minimum atomic E-state index is -0.642. The highest BCUT2D eigenvalue weighted by atomic mass is 16.6. The van der Waals surface area contributed by atoms with Crippen LogP contribution >= 0.6 is 0 Å². The largest absolute Gasteiger partial charge is 0.465 e. The predicted molar refractivity (Wildman–Crippen MR) is 116 cm³/mol. The van der Waals surface area contributed by atoms with Crippen molar-refractivity contribution in [3.63, 3.8) is 0 Å². The zero-order valence-electron chi connectivity index (χ0n) is 16.9. The van der Waals surface area contributed by atoms with Crippen molar-refractivity contribution >= 4 is 23.3 Å². The van der Waals surface area contributed by atoms with Gasteiger partial charge in [0, 0.05) is 28.9 Å². The maximum absolute atomic E-state index is 12.3. The number of esters is 1. The van der Waals surface area contributed by atoms with E-state index in [-0.39, 0.29) is 12.2 Å². The van der Waals surface area contributed by atoms with Crippen LogP contribution in [-0.4, -0.2) is 28.5 Å². The SMILES string of the molecule is COC(=O)c1cccc(C#Cc2cccc(NC(=O)Cn3cc([N+](=O)[O-])ccc3=O)c2)c1. The summed E-state index contributed by atoms with van der Waals surface area (Å²) in [5.74, 6) is 4.92. The fourth-order valence-electron chi connectivity index (χ4n) is 2.77. The molecule has 0 saturated heterocycles. The number of nitrogens with zero attached hydrogens (tertiary/aromatic N) is 2. The summed E-state index contributed by atoms with van der Waals surface area (Å²) in [5.41, 5.74) is 1.25. The highest BCUT2D eigenvalue weighted by Crippen LogP contribution is 2.12. The van der Waals surface area contributed by atoms with E-state index < -0.39 is 22.4 Å². The molecule has 2 aromatic carbocycles. The predicted octanol–water partition coefficient (Wildman–Crippen LogP) is 2.58. The van der Waals surface area contributed by atoms with Gasteiger partial charge in [-0.25, -0.2) is 4.79 Å². The van der Waals surface area contributed by atoms with Crippen molar-refractivity contribution < 1.29 is 19.2 Å². The maximum Gasteiger partial charge on any atom is 0.337 e. The van der Waals surface area contributed by atoms with Crippen LogP contribution in [0.2, 0.25) is 0 Å². The first-order valence-electron chi connectivity index (χ1n) is 9.31. The van der Waals surface area contributed by atoms with Crippen LogP contribution in [0.4, 0.5) is 11.4 Å². The van der Waals surface area contributed by atoms with Gasteiger partial charge in [0.25, 0.3) is 11.2 Å². The van der Waals surface area contributed by atoms with Gasteiger partial charge >= 0.3 is 5.97 Å². The van der Waals surface area contributed by atoms with Gasteiger partial charge in [0.1, 0.15) is 6.54 Å². The molecule has 0 aliphatic carbocycles. The molecule has 0 spiro atoms. The summed E-state index contributed by atoms with van der Waals surface area (Å²) in [6.07, 6.45) is 1.02. The standard InChI is InChI=1S/C23H17N3O6/c1-32-23(29)18-6-2-4-16(12-18)8-9-17-5-3-7-19(13-17)24-21(27)15-25-14-20(26(30)31)10-11-22(25)28/h2-7,10-14H,15H2,1H3,(H,24,27). The van der Waals surface area contributed by atoms with Crippen molar-refractivity contribution in [2.24, 2.45) is 0 Å². The quantitative estimate of drug-likeness (QED) is 0.287. The number of benzene rings is 2. The Hall–Kier alpha value is -4.71. The van der Waals surface area contributed by atoms with Crippen molar-refractivity contribution in [2.45, 2.75) is 6.54 Å². The van der Waals surface area contributed by atoms with Crippen LogP contribution in [-0.2, 0) is 16.1 Å². The highest BCUT2D eigenvalue weighted by Gasteiger charge is 2.11.